The van der Waals surface area contributed by atoms with Crippen molar-refractivity contribution < 1.29 is 28.8 Å². The largest absolute Gasteiger partial charge is 0.444 e. The minimum absolute atomic E-state index is 0.00743. The first kappa shape index (κ1) is 25.6. The number of nitrogens with one attached hydrogen (secondary N) is 2. The van der Waals surface area contributed by atoms with Crippen molar-refractivity contribution in [2.45, 2.75) is 57.7 Å². The summed E-state index contributed by atoms with van der Waals surface area (Å²) in [6, 6.07) is 3.61. The Morgan fingerprint density at radius 3 is 2.42 bits per heavy atom. The van der Waals surface area contributed by atoms with Gasteiger partial charge in [0.15, 0.2) is 0 Å². The minimum Gasteiger partial charge on any atom is -0.444 e. The second-order valence-electron chi connectivity index (χ2n) is 8.70. The molecular weight excluding hydrogens is 434 g/mol. The zero-order valence-electron chi connectivity index (χ0n) is 18.8. The third-order valence-electron chi connectivity index (χ3n) is 4.84. The van der Waals surface area contributed by atoms with Gasteiger partial charge in [-0.25, -0.2) is 4.79 Å². The highest BCUT2D eigenvalue weighted by atomic mass is 16.6. The van der Waals surface area contributed by atoms with Gasteiger partial charge in [-0.15, -0.1) is 0 Å². The van der Waals surface area contributed by atoms with Gasteiger partial charge < -0.3 is 21.1 Å². The van der Waals surface area contributed by atoms with Crippen LogP contribution in [-0.4, -0.2) is 64.4 Å². The van der Waals surface area contributed by atoms with Crippen molar-refractivity contribution in [2.75, 3.05) is 13.1 Å². The monoisotopic (exact) mass is 463 g/mol. The molecule has 0 saturated carbocycles. The molecule has 0 bridgehead atoms. The zero-order valence-corrected chi connectivity index (χ0v) is 18.8. The van der Waals surface area contributed by atoms with Crippen molar-refractivity contribution in [1.82, 2.24) is 15.5 Å². The van der Waals surface area contributed by atoms with Crippen molar-refractivity contribution in [1.29, 1.82) is 0 Å². The number of benzene rings is 1. The number of hydrogen-bond donors (Lipinski definition) is 3. The lowest BCUT2D eigenvalue weighted by atomic mass is 10.0. The van der Waals surface area contributed by atoms with E-state index in [4.69, 9.17) is 10.5 Å². The SMILES string of the molecule is CC(C)(C)OC(=O)N1CCC[C@H]1C(=O)N[C@@H](Cc1ccc([N+](=O)[O-])cc1)C(=O)NCC(N)=O. The first-order valence-corrected chi connectivity index (χ1v) is 10.5. The van der Waals surface area contributed by atoms with E-state index in [0.717, 1.165) is 0 Å². The lowest BCUT2D eigenvalue weighted by Crippen LogP contribution is -2.55. The molecule has 1 heterocycles. The summed E-state index contributed by atoms with van der Waals surface area (Å²) in [6.07, 6.45) is 0.384. The van der Waals surface area contributed by atoms with E-state index in [1.807, 2.05) is 0 Å². The Morgan fingerprint density at radius 2 is 1.88 bits per heavy atom. The number of carbonyl (C=O) groups excluding carboxylic acids is 4. The summed E-state index contributed by atoms with van der Waals surface area (Å²) in [4.78, 5) is 60.8. The highest BCUT2D eigenvalue weighted by Gasteiger charge is 2.38. The minimum atomic E-state index is -1.10. The molecule has 1 aliphatic heterocycles. The Morgan fingerprint density at radius 1 is 1.24 bits per heavy atom. The molecule has 0 radical (unpaired) electrons. The number of nitrogens with zero attached hydrogens (tertiary/aromatic N) is 2. The summed E-state index contributed by atoms with van der Waals surface area (Å²) in [5.41, 5.74) is 4.79. The van der Waals surface area contributed by atoms with Gasteiger partial charge in [0.25, 0.3) is 5.69 Å². The van der Waals surface area contributed by atoms with E-state index >= 15 is 0 Å². The maximum absolute atomic E-state index is 13.0. The summed E-state index contributed by atoms with van der Waals surface area (Å²) >= 11 is 0. The summed E-state index contributed by atoms with van der Waals surface area (Å²) in [6.45, 7) is 5.09. The number of non-ortho nitro benzene ring substituents is 1. The number of nitro benzene ring substituents is 1. The summed E-state index contributed by atoms with van der Waals surface area (Å²) < 4.78 is 5.37. The van der Waals surface area contributed by atoms with Crippen LogP contribution >= 0.6 is 0 Å². The molecule has 2 rings (SSSR count). The van der Waals surface area contributed by atoms with Crippen molar-refractivity contribution in [3.63, 3.8) is 0 Å². The predicted octanol–water partition coefficient (Wildman–Crippen LogP) is 0.623. The number of nitrogens with two attached hydrogens (primary N) is 1. The van der Waals surface area contributed by atoms with Crippen molar-refractivity contribution in [3.05, 3.63) is 39.9 Å². The van der Waals surface area contributed by atoms with Crippen LogP contribution in [0.1, 0.15) is 39.2 Å². The number of nitro groups is 1. The Balaban J connectivity index is 2.15. The van der Waals surface area contributed by atoms with E-state index < -0.39 is 53.0 Å². The third kappa shape index (κ3) is 7.74. The van der Waals surface area contributed by atoms with Crippen molar-refractivity contribution in [2.24, 2.45) is 5.73 Å². The zero-order chi connectivity index (χ0) is 24.8. The van der Waals surface area contributed by atoms with Crippen LogP contribution in [-0.2, 0) is 25.5 Å². The quantitative estimate of drug-likeness (QED) is 0.374. The standard InChI is InChI=1S/C21H29N5O7/c1-21(2,3)33-20(30)25-10-4-5-16(25)19(29)24-15(18(28)23-12-17(22)27)11-13-6-8-14(9-7-13)26(31)32/h6-9,15-16H,4-5,10-12H2,1-3H3,(H2,22,27)(H,23,28)(H,24,29)/t15-,16-/m0/s1. The molecule has 4 N–H and O–H groups in total. The van der Waals surface area contributed by atoms with E-state index in [1.165, 1.54) is 29.2 Å². The first-order valence-electron chi connectivity index (χ1n) is 10.5. The van der Waals surface area contributed by atoms with E-state index in [1.54, 1.807) is 20.8 Å². The Bertz CT molecular complexity index is 911. The molecule has 1 fully saturated rings. The molecule has 1 aliphatic rings. The van der Waals surface area contributed by atoms with E-state index in [2.05, 4.69) is 10.6 Å². The Hall–Kier alpha value is -3.70. The molecule has 1 aromatic carbocycles. The van der Waals surface area contributed by atoms with Crippen LogP contribution < -0.4 is 16.4 Å². The molecule has 180 valence electrons. The molecule has 1 saturated heterocycles. The molecule has 0 spiro atoms. The number of hydrogen-bond acceptors (Lipinski definition) is 7. The fourth-order valence-electron chi connectivity index (χ4n) is 3.34. The van der Waals surface area contributed by atoms with Crippen molar-refractivity contribution in [3.8, 4) is 0 Å². The van der Waals surface area contributed by atoms with Crippen LogP contribution in [0.2, 0.25) is 0 Å². The van der Waals surface area contributed by atoms with Crippen molar-refractivity contribution >= 4 is 29.5 Å². The second-order valence-corrected chi connectivity index (χ2v) is 8.70. The normalized spacial score (nSPS) is 16.6. The molecule has 0 unspecified atom stereocenters. The Kier molecular flexibility index (Phi) is 8.32. The summed E-state index contributed by atoms with van der Waals surface area (Å²) in [7, 11) is 0. The van der Waals surface area contributed by atoms with Gasteiger partial charge in [-0.2, -0.15) is 0 Å². The maximum Gasteiger partial charge on any atom is 0.410 e. The van der Waals surface area contributed by atoms with Crippen LogP contribution in [0, 0.1) is 10.1 Å². The highest BCUT2D eigenvalue weighted by molar-refractivity contribution is 5.93. The average molecular weight is 463 g/mol. The topological polar surface area (TPSA) is 174 Å². The number of ether oxygens (including phenoxy) is 1. The average Bonchev–Trinajstić information content (AvgIpc) is 3.21. The number of primary amides is 1. The number of likely N-dealkylation sites (tertiary alicyclic amines) is 1. The van der Waals surface area contributed by atoms with Gasteiger partial charge in [-0.3, -0.25) is 29.4 Å². The summed E-state index contributed by atoms with van der Waals surface area (Å²) in [5, 5.41) is 15.8. The third-order valence-corrected chi connectivity index (χ3v) is 4.84. The Labute approximate surface area is 191 Å². The van der Waals surface area contributed by atoms with Gasteiger partial charge in [0.2, 0.25) is 17.7 Å². The molecule has 2 atom stereocenters. The van der Waals surface area contributed by atoms with Gasteiger partial charge in [-0.1, -0.05) is 12.1 Å². The predicted molar refractivity (Wildman–Crippen MR) is 117 cm³/mol. The number of carbonyl (C=O) groups is 4. The van der Waals surface area contributed by atoms with Crippen LogP contribution in [0.25, 0.3) is 0 Å². The maximum atomic E-state index is 13.0. The smallest absolute Gasteiger partial charge is 0.410 e. The molecule has 4 amide bonds. The van der Waals surface area contributed by atoms with E-state index in [9.17, 15) is 29.3 Å². The molecule has 0 aromatic heterocycles. The van der Waals surface area contributed by atoms with E-state index in [-0.39, 0.29) is 12.1 Å². The highest BCUT2D eigenvalue weighted by Crippen LogP contribution is 2.21. The first-order chi connectivity index (χ1) is 15.4. The lowest BCUT2D eigenvalue weighted by molar-refractivity contribution is -0.384. The molecule has 12 nitrogen and oxygen atoms in total. The molecule has 33 heavy (non-hydrogen) atoms. The van der Waals surface area contributed by atoms with Crippen LogP contribution in [0.15, 0.2) is 24.3 Å². The molecule has 0 aliphatic carbocycles. The number of rotatable bonds is 8. The second kappa shape index (κ2) is 10.7. The van der Waals surface area contributed by atoms with Gasteiger partial charge in [0.1, 0.15) is 17.7 Å². The van der Waals surface area contributed by atoms with Gasteiger partial charge in [0.05, 0.1) is 11.5 Å². The van der Waals surface area contributed by atoms with Gasteiger partial charge in [0, 0.05) is 25.1 Å². The molecule has 12 heteroatoms. The van der Waals surface area contributed by atoms with Gasteiger partial charge in [-0.05, 0) is 39.2 Å². The van der Waals surface area contributed by atoms with Crippen LogP contribution in [0.3, 0.4) is 0 Å². The molecule has 1 aromatic rings. The van der Waals surface area contributed by atoms with Crippen LogP contribution in [0.4, 0.5) is 10.5 Å². The summed E-state index contributed by atoms with van der Waals surface area (Å²) in [5.74, 6) is -1.95. The molecular formula is C21H29N5O7. The van der Waals surface area contributed by atoms with E-state index in [0.29, 0.717) is 24.9 Å². The fraction of sp³-hybridized carbons (Fsp3) is 0.524. The van der Waals surface area contributed by atoms with Gasteiger partial charge >= 0.3 is 6.09 Å². The number of amides is 4. The van der Waals surface area contributed by atoms with Crippen LogP contribution in [0.5, 0.6) is 0 Å². The lowest BCUT2D eigenvalue weighted by Gasteiger charge is -2.29. The fourth-order valence-corrected chi connectivity index (χ4v) is 3.34.